The number of anilines is 1. The fraction of sp³-hybridized carbons (Fsp3) is 0.429. The molecule has 3 aromatic carbocycles. The molecule has 0 radical (unpaired) electrons. The number of carbonyl (C=O) groups is 2. The van der Waals surface area contributed by atoms with E-state index in [-0.39, 0.29) is 42.7 Å². The zero-order valence-electron chi connectivity index (χ0n) is 25.4. The Morgan fingerprint density at radius 2 is 1.72 bits per heavy atom. The van der Waals surface area contributed by atoms with Crippen molar-refractivity contribution in [3.8, 4) is 0 Å². The Balaban J connectivity index is 1.39. The van der Waals surface area contributed by atoms with Crippen molar-refractivity contribution < 1.29 is 28.9 Å². The molecule has 1 amide bonds. The Bertz CT molecular complexity index is 1390. The van der Waals surface area contributed by atoms with Crippen LogP contribution in [0.25, 0.3) is 0 Å². The number of likely N-dealkylation sites (tertiary alicyclic amines) is 1. The molecular formula is C35H42N2O6. The van der Waals surface area contributed by atoms with Gasteiger partial charge in [0.05, 0.1) is 18.8 Å². The topological polar surface area (TPSA) is 97.3 Å². The van der Waals surface area contributed by atoms with Gasteiger partial charge in [-0.25, -0.2) is 0 Å². The summed E-state index contributed by atoms with van der Waals surface area (Å²) in [5, 5.41) is 12.5. The first-order chi connectivity index (χ1) is 20.6. The number of nitrogens with one attached hydrogen (secondary N) is 1. The minimum absolute atomic E-state index is 0.0295. The van der Waals surface area contributed by atoms with Crippen LogP contribution in [0.5, 0.6) is 0 Å². The maximum absolute atomic E-state index is 13.1. The average Bonchev–Trinajstić information content (AvgIpc) is 3.46. The first-order valence-electron chi connectivity index (χ1n) is 15.0. The molecule has 43 heavy (non-hydrogen) atoms. The maximum Gasteiger partial charge on any atom is 0.323 e. The van der Waals surface area contributed by atoms with E-state index < -0.39 is 11.9 Å². The molecule has 8 heteroatoms. The summed E-state index contributed by atoms with van der Waals surface area (Å²) in [6.45, 7) is 9.10. The fourth-order valence-corrected chi connectivity index (χ4v) is 5.80. The summed E-state index contributed by atoms with van der Waals surface area (Å²) in [5.74, 6) is -0.421. The maximum atomic E-state index is 13.1. The number of amides is 1. The van der Waals surface area contributed by atoms with Crippen LogP contribution in [0.4, 0.5) is 5.69 Å². The highest BCUT2D eigenvalue weighted by Gasteiger charge is 2.42. The lowest BCUT2D eigenvalue weighted by molar-refractivity contribution is -0.276. The van der Waals surface area contributed by atoms with Gasteiger partial charge in [-0.1, -0.05) is 61.5 Å². The van der Waals surface area contributed by atoms with Crippen molar-refractivity contribution in [2.45, 2.75) is 77.3 Å². The quantitative estimate of drug-likeness (QED) is 0.311. The molecule has 2 heterocycles. The van der Waals surface area contributed by atoms with Gasteiger partial charge in [0, 0.05) is 29.3 Å². The molecule has 8 nitrogen and oxygen atoms in total. The lowest BCUT2D eigenvalue weighted by atomic mass is 9.90. The Hall–Kier alpha value is -3.56. The van der Waals surface area contributed by atoms with Gasteiger partial charge in [0.1, 0.15) is 11.6 Å². The molecule has 2 aliphatic heterocycles. The number of benzene rings is 3. The van der Waals surface area contributed by atoms with Crippen LogP contribution in [0, 0.1) is 5.92 Å². The minimum Gasteiger partial charge on any atom is -0.459 e. The fourth-order valence-electron chi connectivity index (χ4n) is 5.80. The second-order valence-corrected chi connectivity index (χ2v) is 12.5. The van der Waals surface area contributed by atoms with Crippen LogP contribution in [-0.2, 0) is 25.6 Å². The molecule has 5 atom stereocenters. The Kier molecular flexibility index (Phi) is 9.62. The van der Waals surface area contributed by atoms with E-state index in [9.17, 15) is 14.7 Å². The van der Waals surface area contributed by atoms with Gasteiger partial charge in [-0.2, -0.15) is 0 Å². The van der Waals surface area contributed by atoms with Gasteiger partial charge in [0.2, 0.25) is 0 Å². The average molecular weight is 587 g/mol. The Morgan fingerprint density at radius 1 is 0.977 bits per heavy atom. The van der Waals surface area contributed by atoms with Gasteiger partial charge < -0.3 is 24.6 Å². The van der Waals surface area contributed by atoms with Gasteiger partial charge in [-0.15, -0.1) is 0 Å². The van der Waals surface area contributed by atoms with Crippen molar-refractivity contribution in [3.63, 3.8) is 0 Å². The molecule has 3 aromatic rings. The van der Waals surface area contributed by atoms with E-state index >= 15 is 0 Å². The van der Waals surface area contributed by atoms with Gasteiger partial charge in [-0.05, 0) is 75.5 Å². The van der Waals surface area contributed by atoms with Crippen LogP contribution in [0.15, 0.2) is 78.9 Å². The lowest BCUT2D eigenvalue weighted by Crippen LogP contribution is -2.48. The zero-order valence-corrected chi connectivity index (χ0v) is 25.4. The molecule has 2 aliphatic rings. The summed E-state index contributed by atoms with van der Waals surface area (Å²) in [6, 6.07) is 24.1. The first kappa shape index (κ1) is 30.9. The van der Waals surface area contributed by atoms with Gasteiger partial charge >= 0.3 is 5.97 Å². The molecule has 228 valence electrons. The first-order valence-corrected chi connectivity index (χ1v) is 15.0. The van der Waals surface area contributed by atoms with Crippen LogP contribution in [0.3, 0.4) is 0 Å². The highest BCUT2D eigenvalue weighted by molar-refractivity contribution is 6.04. The van der Waals surface area contributed by atoms with Crippen LogP contribution in [0.1, 0.15) is 80.0 Å². The monoisotopic (exact) mass is 586 g/mol. The Morgan fingerprint density at radius 3 is 2.42 bits per heavy atom. The summed E-state index contributed by atoms with van der Waals surface area (Å²) < 4.78 is 19.0. The Labute approximate surface area is 254 Å². The number of carbonyl (C=O) groups excluding carboxylic acids is 2. The predicted molar refractivity (Wildman–Crippen MR) is 164 cm³/mol. The van der Waals surface area contributed by atoms with Crippen molar-refractivity contribution in [3.05, 3.63) is 101 Å². The molecule has 0 aliphatic carbocycles. The predicted octanol–water partition coefficient (Wildman–Crippen LogP) is 6.03. The smallest absolute Gasteiger partial charge is 0.323 e. The van der Waals surface area contributed by atoms with E-state index in [4.69, 9.17) is 14.2 Å². The third kappa shape index (κ3) is 7.70. The molecule has 2 fully saturated rings. The van der Waals surface area contributed by atoms with Crippen molar-refractivity contribution in [1.29, 1.82) is 0 Å². The number of esters is 1. The van der Waals surface area contributed by atoms with Crippen molar-refractivity contribution >= 4 is 17.6 Å². The van der Waals surface area contributed by atoms with E-state index in [0.717, 1.165) is 36.1 Å². The molecule has 5 unspecified atom stereocenters. The molecule has 0 aromatic heterocycles. The number of ether oxygens (including phenoxy) is 3. The van der Waals surface area contributed by atoms with Crippen LogP contribution in [0.2, 0.25) is 0 Å². The minimum atomic E-state index is -0.695. The largest absolute Gasteiger partial charge is 0.459 e. The lowest BCUT2D eigenvalue weighted by Gasteiger charge is -2.43. The molecule has 0 bridgehead atoms. The normalized spacial score (nSPS) is 24.4. The zero-order chi connectivity index (χ0) is 30.6. The number of hydrogen-bond acceptors (Lipinski definition) is 7. The molecule has 0 spiro atoms. The van der Waals surface area contributed by atoms with Gasteiger partial charge in [0.25, 0.3) is 5.91 Å². The van der Waals surface area contributed by atoms with E-state index in [1.165, 1.54) is 0 Å². The third-order valence-corrected chi connectivity index (χ3v) is 8.03. The number of hydrogen-bond donors (Lipinski definition) is 2. The third-order valence-electron chi connectivity index (χ3n) is 8.03. The van der Waals surface area contributed by atoms with Gasteiger partial charge in [0.15, 0.2) is 6.29 Å². The highest BCUT2D eigenvalue weighted by Crippen LogP contribution is 2.42. The van der Waals surface area contributed by atoms with Crippen molar-refractivity contribution in [2.75, 3.05) is 18.4 Å². The summed E-state index contributed by atoms with van der Waals surface area (Å²) in [7, 11) is 0. The summed E-state index contributed by atoms with van der Waals surface area (Å²) in [4.78, 5) is 28.1. The van der Waals surface area contributed by atoms with E-state index in [0.29, 0.717) is 17.8 Å². The van der Waals surface area contributed by atoms with Crippen molar-refractivity contribution in [1.82, 2.24) is 4.90 Å². The summed E-state index contributed by atoms with van der Waals surface area (Å²) in [6.07, 6.45) is 0.444. The molecule has 2 N–H and O–H groups in total. The van der Waals surface area contributed by atoms with E-state index in [1.54, 1.807) is 12.1 Å². The number of nitrogens with zero attached hydrogens (tertiary/aromatic N) is 1. The number of aliphatic hydroxyl groups excluding tert-OH is 1. The molecular weight excluding hydrogens is 544 g/mol. The molecule has 5 rings (SSSR count). The van der Waals surface area contributed by atoms with Crippen molar-refractivity contribution in [2.24, 2.45) is 5.92 Å². The van der Waals surface area contributed by atoms with Crippen LogP contribution >= 0.6 is 0 Å². The second kappa shape index (κ2) is 13.4. The number of aliphatic hydroxyl groups is 1. The van der Waals surface area contributed by atoms with Gasteiger partial charge in [-0.3, -0.25) is 14.5 Å². The van der Waals surface area contributed by atoms with E-state index in [2.05, 4.69) is 17.1 Å². The molecule has 2 saturated heterocycles. The molecule has 0 saturated carbocycles. The second-order valence-electron chi connectivity index (χ2n) is 12.5. The number of rotatable bonds is 8. The van der Waals surface area contributed by atoms with E-state index in [1.807, 2.05) is 87.5 Å². The highest BCUT2D eigenvalue weighted by atomic mass is 16.7. The SMILES string of the molecule is CC1C(CN2CCCC2C(=O)OC(C)(C)C)OC(c2cccc(NC(=O)c3ccccc3)c2)OC1c1ccc(CO)cc1. The summed E-state index contributed by atoms with van der Waals surface area (Å²) in [5.41, 5.74) is 3.26. The summed E-state index contributed by atoms with van der Waals surface area (Å²) >= 11 is 0. The van der Waals surface area contributed by atoms with Crippen LogP contribution < -0.4 is 5.32 Å². The standard InChI is InChI=1S/C35H42N2O6/c1-23-30(21-37-19-9-14-29(37)33(40)43-35(2,3)4)41-34(42-31(23)25-17-15-24(22-38)16-18-25)27-12-8-13-28(20-27)36-32(39)26-10-6-5-7-11-26/h5-8,10-13,15-18,20,23,29-31,34,38H,9,14,19,21-22H2,1-4H3,(H,36,39). The van der Waals surface area contributed by atoms with Crippen LogP contribution in [-0.4, -0.2) is 52.7 Å².